The van der Waals surface area contributed by atoms with Gasteiger partial charge in [-0.05, 0) is 29.2 Å². The number of rotatable bonds is 0. The van der Waals surface area contributed by atoms with Crippen molar-refractivity contribution < 1.29 is 5.11 Å². The molecular weight excluding hydrogens is 136 g/mol. The minimum Gasteiger partial charge on any atom is -0.508 e. The van der Waals surface area contributed by atoms with Crippen molar-refractivity contribution in [2.24, 2.45) is 0 Å². The lowest BCUT2D eigenvalue weighted by Crippen LogP contribution is -2.10. The van der Waals surface area contributed by atoms with Gasteiger partial charge in [-0.3, -0.25) is 0 Å². The molecule has 1 N–H and O–H groups in total. The highest BCUT2D eigenvalue weighted by atomic mass is 16.3. The fourth-order valence-electron chi connectivity index (χ4n) is 1.02. The van der Waals surface area contributed by atoms with Gasteiger partial charge in [0, 0.05) is 0 Å². The predicted octanol–water partition coefficient (Wildman–Crippen LogP) is 2.49. The van der Waals surface area contributed by atoms with Crippen LogP contribution in [0.2, 0.25) is 0 Å². The summed E-state index contributed by atoms with van der Waals surface area (Å²) >= 11 is 0. The molecule has 0 unspecified atom stereocenters. The first kappa shape index (κ1) is 8.12. The lowest BCUT2D eigenvalue weighted by Gasteiger charge is -2.19. The number of hydrogen-bond donors (Lipinski definition) is 1. The van der Waals surface area contributed by atoms with E-state index in [2.05, 4.69) is 26.8 Å². The van der Waals surface area contributed by atoms with Gasteiger partial charge in [-0.25, -0.2) is 0 Å². The quantitative estimate of drug-likeness (QED) is 0.600. The number of phenolic OH excluding ortho intramolecular Hbond substituents is 1. The average molecular weight is 149 g/mol. The second-order valence-corrected chi connectivity index (χ2v) is 3.69. The number of aromatic hydroxyl groups is 1. The van der Waals surface area contributed by atoms with Crippen LogP contribution in [0.5, 0.6) is 5.75 Å². The van der Waals surface area contributed by atoms with Crippen molar-refractivity contribution in [3.8, 4) is 5.75 Å². The van der Waals surface area contributed by atoms with E-state index in [0.717, 1.165) is 5.56 Å². The first-order valence-electron chi connectivity index (χ1n) is 3.71. The smallest absolute Gasteiger partial charge is 0.119 e. The zero-order valence-electron chi connectivity index (χ0n) is 7.18. The molecule has 0 saturated carbocycles. The summed E-state index contributed by atoms with van der Waals surface area (Å²) in [6.07, 6.45) is 0. The van der Waals surface area contributed by atoms with Crippen LogP contribution in [0.25, 0.3) is 0 Å². The Kier molecular flexibility index (Phi) is 1.90. The SMILES string of the molecule is CC(C)(C)c1c[c]ccc1O. The Hall–Kier alpha value is -0.980. The molecule has 1 aromatic rings. The molecule has 0 heterocycles. The van der Waals surface area contributed by atoms with Crippen LogP contribution in [-0.4, -0.2) is 5.11 Å². The van der Waals surface area contributed by atoms with E-state index in [1.807, 2.05) is 6.07 Å². The molecule has 1 rings (SSSR count). The van der Waals surface area contributed by atoms with E-state index in [1.54, 1.807) is 12.1 Å². The van der Waals surface area contributed by atoms with E-state index in [-0.39, 0.29) is 5.41 Å². The Morgan fingerprint density at radius 3 is 2.36 bits per heavy atom. The van der Waals surface area contributed by atoms with Gasteiger partial charge in [-0.2, -0.15) is 0 Å². The minimum atomic E-state index is 0.00183. The van der Waals surface area contributed by atoms with Crippen LogP contribution in [-0.2, 0) is 5.41 Å². The molecule has 0 spiro atoms. The van der Waals surface area contributed by atoms with Crippen LogP contribution >= 0.6 is 0 Å². The van der Waals surface area contributed by atoms with Crippen molar-refractivity contribution in [3.05, 3.63) is 29.8 Å². The topological polar surface area (TPSA) is 20.2 Å². The number of phenols is 1. The average Bonchev–Trinajstić information content (AvgIpc) is 1.86. The number of benzene rings is 1. The van der Waals surface area contributed by atoms with Crippen LogP contribution in [0.15, 0.2) is 18.2 Å². The molecule has 0 bridgehead atoms. The Morgan fingerprint density at radius 2 is 2.00 bits per heavy atom. The third-order valence-corrected chi connectivity index (χ3v) is 1.65. The summed E-state index contributed by atoms with van der Waals surface area (Å²) in [7, 11) is 0. The van der Waals surface area contributed by atoms with E-state index in [1.165, 1.54) is 0 Å². The molecule has 0 atom stereocenters. The van der Waals surface area contributed by atoms with E-state index < -0.39 is 0 Å². The van der Waals surface area contributed by atoms with Gasteiger partial charge in [0.15, 0.2) is 0 Å². The second kappa shape index (κ2) is 2.57. The Balaban J connectivity index is 3.14. The predicted molar refractivity (Wildman–Crippen MR) is 45.6 cm³/mol. The Bertz CT molecular complexity index is 245. The molecule has 1 aromatic carbocycles. The molecule has 0 amide bonds. The molecule has 0 saturated heterocycles. The van der Waals surface area contributed by atoms with Crippen LogP contribution in [0.4, 0.5) is 0 Å². The van der Waals surface area contributed by atoms with Crippen molar-refractivity contribution in [2.45, 2.75) is 26.2 Å². The summed E-state index contributed by atoms with van der Waals surface area (Å²) in [6.45, 7) is 6.20. The molecular formula is C10H13O. The van der Waals surface area contributed by atoms with E-state index in [0.29, 0.717) is 5.75 Å². The molecule has 0 aliphatic rings. The normalized spacial score (nSPS) is 11.5. The fourth-order valence-corrected chi connectivity index (χ4v) is 1.02. The van der Waals surface area contributed by atoms with Crippen molar-refractivity contribution in [1.82, 2.24) is 0 Å². The van der Waals surface area contributed by atoms with Crippen LogP contribution in [0.3, 0.4) is 0 Å². The van der Waals surface area contributed by atoms with E-state index in [4.69, 9.17) is 0 Å². The second-order valence-electron chi connectivity index (χ2n) is 3.69. The minimum absolute atomic E-state index is 0.00183. The summed E-state index contributed by atoms with van der Waals surface area (Å²) in [5, 5.41) is 9.43. The zero-order valence-corrected chi connectivity index (χ0v) is 7.18. The van der Waals surface area contributed by atoms with Gasteiger partial charge in [0.05, 0.1) is 0 Å². The molecule has 1 heteroatoms. The first-order valence-corrected chi connectivity index (χ1v) is 3.71. The molecule has 11 heavy (non-hydrogen) atoms. The van der Waals surface area contributed by atoms with Gasteiger partial charge < -0.3 is 5.11 Å². The van der Waals surface area contributed by atoms with Crippen LogP contribution in [0, 0.1) is 6.07 Å². The lowest BCUT2D eigenvalue weighted by atomic mass is 9.86. The Labute approximate surface area is 67.7 Å². The summed E-state index contributed by atoms with van der Waals surface area (Å²) in [6, 6.07) is 8.16. The summed E-state index contributed by atoms with van der Waals surface area (Å²) in [5.41, 5.74) is 0.946. The first-order chi connectivity index (χ1) is 5.02. The Morgan fingerprint density at radius 1 is 1.36 bits per heavy atom. The van der Waals surface area contributed by atoms with Gasteiger partial charge in [0.2, 0.25) is 0 Å². The summed E-state index contributed by atoms with van der Waals surface area (Å²) < 4.78 is 0. The maximum Gasteiger partial charge on any atom is 0.119 e. The molecule has 1 radical (unpaired) electrons. The molecule has 0 aliphatic carbocycles. The summed E-state index contributed by atoms with van der Waals surface area (Å²) in [4.78, 5) is 0. The van der Waals surface area contributed by atoms with Gasteiger partial charge in [-0.15, -0.1) is 0 Å². The molecule has 0 aromatic heterocycles. The van der Waals surface area contributed by atoms with Crippen molar-refractivity contribution >= 4 is 0 Å². The molecule has 0 aliphatic heterocycles. The largest absolute Gasteiger partial charge is 0.508 e. The lowest BCUT2D eigenvalue weighted by molar-refractivity contribution is 0.446. The highest BCUT2D eigenvalue weighted by Gasteiger charge is 2.16. The fraction of sp³-hybridized carbons (Fsp3) is 0.400. The third kappa shape index (κ3) is 1.73. The van der Waals surface area contributed by atoms with Gasteiger partial charge in [0.25, 0.3) is 0 Å². The van der Waals surface area contributed by atoms with Gasteiger partial charge in [0.1, 0.15) is 5.75 Å². The van der Waals surface area contributed by atoms with E-state index in [9.17, 15) is 5.11 Å². The highest BCUT2D eigenvalue weighted by molar-refractivity contribution is 5.36. The third-order valence-electron chi connectivity index (χ3n) is 1.65. The number of hydrogen-bond acceptors (Lipinski definition) is 1. The van der Waals surface area contributed by atoms with Gasteiger partial charge in [-0.1, -0.05) is 26.8 Å². The summed E-state index contributed by atoms with van der Waals surface area (Å²) in [5.74, 6) is 0.358. The zero-order chi connectivity index (χ0) is 8.48. The molecule has 59 valence electrons. The van der Waals surface area contributed by atoms with E-state index >= 15 is 0 Å². The monoisotopic (exact) mass is 149 g/mol. The van der Waals surface area contributed by atoms with Gasteiger partial charge >= 0.3 is 0 Å². The van der Waals surface area contributed by atoms with Crippen LogP contribution < -0.4 is 0 Å². The standard InChI is InChI=1S/C10H13O/c1-10(2,3)8-6-4-5-7-9(8)11/h5-7,11H,1-3H3. The van der Waals surface area contributed by atoms with Crippen molar-refractivity contribution in [2.75, 3.05) is 0 Å². The van der Waals surface area contributed by atoms with Crippen molar-refractivity contribution in [1.29, 1.82) is 0 Å². The molecule has 0 fully saturated rings. The maximum atomic E-state index is 9.43. The highest BCUT2D eigenvalue weighted by Crippen LogP contribution is 2.29. The van der Waals surface area contributed by atoms with Crippen LogP contribution in [0.1, 0.15) is 26.3 Å². The maximum absolute atomic E-state index is 9.43. The molecule has 1 nitrogen and oxygen atoms in total. The van der Waals surface area contributed by atoms with Crippen molar-refractivity contribution in [3.63, 3.8) is 0 Å².